The number of carbonyl (C=O) groups excluding carboxylic acids is 1. The Balaban J connectivity index is 2.43. The van der Waals surface area contributed by atoms with Crippen molar-refractivity contribution >= 4 is 39.0 Å². The quantitative estimate of drug-likeness (QED) is 0.821. The molecule has 0 aliphatic heterocycles. The standard InChI is InChI=1S/C16H17ClN2O4S/c1-19(2)15-8-7-12(17)10-14(15)18-24(21,22)13-6-4-5-11(9-13)16(20)23-3/h4-10,18H,1-3H3. The average molecular weight is 369 g/mol. The number of sulfonamides is 1. The van der Waals surface area contributed by atoms with Gasteiger partial charge in [0.1, 0.15) is 0 Å². The number of nitrogens with one attached hydrogen (secondary N) is 1. The van der Waals surface area contributed by atoms with Gasteiger partial charge in [0.25, 0.3) is 10.0 Å². The van der Waals surface area contributed by atoms with E-state index in [-0.39, 0.29) is 10.5 Å². The monoisotopic (exact) mass is 368 g/mol. The minimum absolute atomic E-state index is 0.0462. The lowest BCUT2D eigenvalue weighted by atomic mass is 10.2. The first-order chi connectivity index (χ1) is 11.2. The third-order valence-electron chi connectivity index (χ3n) is 3.25. The van der Waals surface area contributed by atoms with Crippen LogP contribution in [0.3, 0.4) is 0 Å². The van der Waals surface area contributed by atoms with Gasteiger partial charge in [-0.3, -0.25) is 4.72 Å². The van der Waals surface area contributed by atoms with Crippen LogP contribution in [0.1, 0.15) is 10.4 Å². The van der Waals surface area contributed by atoms with E-state index in [1.165, 1.54) is 37.4 Å². The van der Waals surface area contributed by atoms with Gasteiger partial charge in [-0.2, -0.15) is 0 Å². The Hall–Kier alpha value is -2.25. The van der Waals surface area contributed by atoms with Crippen LogP contribution in [0.4, 0.5) is 11.4 Å². The molecule has 8 heteroatoms. The van der Waals surface area contributed by atoms with Gasteiger partial charge in [0.2, 0.25) is 0 Å². The van der Waals surface area contributed by atoms with Gasteiger partial charge >= 0.3 is 5.97 Å². The lowest BCUT2D eigenvalue weighted by Gasteiger charge is -2.19. The van der Waals surface area contributed by atoms with E-state index in [1.54, 1.807) is 31.1 Å². The average Bonchev–Trinajstić information content (AvgIpc) is 2.53. The van der Waals surface area contributed by atoms with E-state index in [9.17, 15) is 13.2 Å². The summed E-state index contributed by atoms with van der Waals surface area (Å²) >= 11 is 5.97. The molecule has 2 aromatic rings. The molecule has 24 heavy (non-hydrogen) atoms. The number of carbonyl (C=O) groups is 1. The van der Waals surface area contributed by atoms with Crippen molar-refractivity contribution in [3.8, 4) is 0 Å². The van der Waals surface area contributed by atoms with Crippen molar-refractivity contribution in [1.29, 1.82) is 0 Å². The highest BCUT2D eigenvalue weighted by Crippen LogP contribution is 2.30. The maximum absolute atomic E-state index is 12.6. The van der Waals surface area contributed by atoms with Crippen LogP contribution in [-0.2, 0) is 14.8 Å². The van der Waals surface area contributed by atoms with Gasteiger partial charge < -0.3 is 9.64 Å². The molecule has 0 bridgehead atoms. The van der Waals surface area contributed by atoms with Crippen molar-refractivity contribution in [2.75, 3.05) is 30.8 Å². The molecular formula is C16H17ClN2O4S. The Morgan fingerprint density at radius 2 is 1.88 bits per heavy atom. The molecule has 6 nitrogen and oxygen atoms in total. The Morgan fingerprint density at radius 3 is 2.50 bits per heavy atom. The summed E-state index contributed by atoms with van der Waals surface area (Å²) in [5.74, 6) is -0.608. The van der Waals surface area contributed by atoms with Crippen LogP contribution in [-0.4, -0.2) is 35.6 Å². The number of hydrogen-bond acceptors (Lipinski definition) is 5. The zero-order chi connectivity index (χ0) is 17.9. The van der Waals surface area contributed by atoms with Gasteiger partial charge in [-0.1, -0.05) is 17.7 Å². The van der Waals surface area contributed by atoms with E-state index in [1.807, 2.05) is 0 Å². The molecule has 0 radical (unpaired) electrons. The number of methoxy groups -OCH3 is 1. The first kappa shape index (κ1) is 18.1. The Labute approximate surface area is 146 Å². The van der Waals surface area contributed by atoms with Crippen molar-refractivity contribution < 1.29 is 17.9 Å². The summed E-state index contributed by atoms with van der Waals surface area (Å²) in [6, 6.07) is 10.5. The summed E-state index contributed by atoms with van der Waals surface area (Å²) < 4.78 is 32.4. The number of halogens is 1. The second-order valence-corrected chi connectivity index (χ2v) is 7.30. The molecule has 0 aromatic heterocycles. The van der Waals surface area contributed by atoms with Crippen molar-refractivity contribution in [2.45, 2.75) is 4.90 Å². The molecule has 0 spiro atoms. The molecule has 0 saturated heterocycles. The lowest BCUT2D eigenvalue weighted by molar-refractivity contribution is 0.0600. The number of esters is 1. The van der Waals surface area contributed by atoms with Gasteiger partial charge in [-0.25, -0.2) is 13.2 Å². The molecule has 0 fully saturated rings. The molecule has 0 aliphatic rings. The molecule has 0 amide bonds. The summed E-state index contributed by atoms with van der Waals surface area (Å²) in [4.78, 5) is 13.3. The highest BCUT2D eigenvalue weighted by molar-refractivity contribution is 7.92. The number of hydrogen-bond donors (Lipinski definition) is 1. The van der Waals surface area contributed by atoms with Gasteiger partial charge in [0, 0.05) is 19.1 Å². The number of rotatable bonds is 5. The van der Waals surface area contributed by atoms with Crippen LogP contribution in [0.5, 0.6) is 0 Å². The minimum atomic E-state index is -3.89. The van der Waals surface area contributed by atoms with Crippen LogP contribution in [0.15, 0.2) is 47.4 Å². The zero-order valence-corrected chi connectivity index (χ0v) is 15.0. The van der Waals surface area contributed by atoms with Crippen LogP contribution >= 0.6 is 11.6 Å². The SMILES string of the molecule is COC(=O)c1cccc(S(=O)(=O)Nc2cc(Cl)ccc2N(C)C)c1. The van der Waals surface area contributed by atoms with Crippen LogP contribution in [0.25, 0.3) is 0 Å². The van der Waals surface area contributed by atoms with Crippen molar-refractivity contribution in [3.63, 3.8) is 0 Å². The lowest BCUT2D eigenvalue weighted by Crippen LogP contribution is -2.17. The van der Waals surface area contributed by atoms with Crippen molar-refractivity contribution in [3.05, 3.63) is 53.1 Å². The van der Waals surface area contributed by atoms with Crippen molar-refractivity contribution in [2.24, 2.45) is 0 Å². The zero-order valence-electron chi connectivity index (χ0n) is 13.4. The first-order valence-corrected chi connectivity index (χ1v) is 8.79. The molecule has 0 heterocycles. The highest BCUT2D eigenvalue weighted by atomic mass is 35.5. The van der Waals surface area contributed by atoms with Gasteiger partial charge in [0.05, 0.1) is 28.9 Å². The highest BCUT2D eigenvalue weighted by Gasteiger charge is 2.19. The number of ether oxygens (including phenoxy) is 1. The van der Waals surface area contributed by atoms with Crippen LogP contribution < -0.4 is 9.62 Å². The summed E-state index contributed by atoms with van der Waals surface area (Å²) in [6.45, 7) is 0. The largest absolute Gasteiger partial charge is 0.465 e. The molecule has 0 unspecified atom stereocenters. The van der Waals surface area contributed by atoms with E-state index in [0.29, 0.717) is 16.4 Å². The van der Waals surface area contributed by atoms with Crippen molar-refractivity contribution in [1.82, 2.24) is 0 Å². The molecule has 0 atom stereocenters. The Kier molecular flexibility index (Phi) is 5.36. The maximum atomic E-state index is 12.6. The van der Waals surface area contributed by atoms with Crippen LogP contribution in [0, 0.1) is 0 Å². The fourth-order valence-electron chi connectivity index (χ4n) is 2.09. The number of benzene rings is 2. The third kappa shape index (κ3) is 3.98. The predicted octanol–water partition coefficient (Wildman–Crippen LogP) is 2.99. The summed E-state index contributed by atoms with van der Waals surface area (Å²) in [7, 11) is 0.921. The van der Waals surface area contributed by atoms with Crippen LogP contribution in [0.2, 0.25) is 5.02 Å². The summed E-state index contributed by atoms with van der Waals surface area (Å²) in [5, 5.41) is 0.404. The molecular weight excluding hydrogens is 352 g/mol. The normalized spacial score (nSPS) is 11.0. The fraction of sp³-hybridized carbons (Fsp3) is 0.188. The molecule has 2 aromatic carbocycles. The maximum Gasteiger partial charge on any atom is 0.337 e. The predicted molar refractivity (Wildman–Crippen MR) is 94.4 cm³/mol. The fourth-order valence-corrected chi connectivity index (χ4v) is 3.37. The van der Waals surface area contributed by atoms with E-state index in [2.05, 4.69) is 9.46 Å². The van der Waals surface area contributed by atoms with E-state index in [0.717, 1.165) is 0 Å². The number of nitrogens with zero attached hydrogens (tertiary/aromatic N) is 1. The minimum Gasteiger partial charge on any atom is -0.465 e. The Morgan fingerprint density at radius 1 is 1.17 bits per heavy atom. The summed E-state index contributed by atoms with van der Waals surface area (Å²) in [5.41, 5.74) is 1.15. The van der Waals surface area contributed by atoms with Gasteiger partial charge in [0.15, 0.2) is 0 Å². The third-order valence-corrected chi connectivity index (χ3v) is 4.85. The molecule has 0 aliphatic carbocycles. The molecule has 2 rings (SSSR count). The molecule has 0 saturated carbocycles. The number of anilines is 2. The topological polar surface area (TPSA) is 75.7 Å². The van der Waals surface area contributed by atoms with Gasteiger partial charge in [-0.05, 0) is 36.4 Å². The summed E-state index contributed by atoms with van der Waals surface area (Å²) in [6.07, 6.45) is 0. The molecule has 1 N–H and O–H groups in total. The van der Waals surface area contributed by atoms with E-state index < -0.39 is 16.0 Å². The van der Waals surface area contributed by atoms with E-state index >= 15 is 0 Å². The first-order valence-electron chi connectivity index (χ1n) is 6.92. The Bertz CT molecular complexity index is 866. The molecule has 128 valence electrons. The van der Waals surface area contributed by atoms with E-state index in [4.69, 9.17) is 11.6 Å². The smallest absolute Gasteiger partial charge is 0.337 e. The second kappa shape index (κ2) is 7.11. The van der Waals surface area contributed by atoms with Gasteiger partial charge in [-0.15, -0.1) is 0 Å². The second-order valence-electron chi connectivity index (χ2n) is 5.18.